The third-order valence-electron chi connectivity index (χ3n) is 4.70. The molecule has 130 valence electrons. The zero-order valence-electron chi connectivity index (χ0n) is 14.7. The van der Waals surface area contributed by atoms with E-state index >= 15 is 0 Å². The van der Waals surface area contributed by atoms with Crippen molar-refractivity contribution in [1.29, 1.82) is 0 Å². The topological polar surface area (TPSA) is 71.8 Å². The van der Waals surface area contributed by atoms with Gasteiger partial charge in [-0.2, -0.15) is 5.10 Å². The fraction of sp³-hybridized carbons (Fsp3) is 0.444. The molecule has 3 aromatic heterocycles. The van der Waals surface area contributed by atoms with E-state index in [1.54, 1.807) is 12.4 Å². The molecule has 1 saturated heterocycles. The van der Waals surface area contributed by atoms with E-state index in [9.17, 15) is 0 Å². The van der Waals surface area contributed by atoms with Gasteiger partial charge in [0.15, 0.2) is 11.5 Å². The van der Waals surface area contributed by atoms with E-state index in [0.29, 0.717) is 5.82 Å². The largest absolute Gasteiger partial charge is 0.368 e. The van der Waals surface area contributed by atoms with Crippen molar-refractivity contribution in [1.82, 2.24) is 29.6 Å². The second-order valence-corrected chi connectivity index (χ2v) is 6.52. The number of aromatic nitrogens is 5. The Morgan fingerprint density at radius 3 is 2.80 bits per heavy atom. The van der Waals surface area contributed by atoms with Gasteiger partial charge in [0.1, 0.15) is 5.82 Å². The Morgan fingerprint density at radius 1 is 1.20 bits per heavy atom. The quantitative estimate of drug-likeness (QED) is 0.770. The Balaban J connectivity index is 1.67. The highest BCUT2D eigenvalue weighted by molar-refractivity contribution is 5.90. The SMILES string of the molecule is Cc1nn(C)c2nc(-c3cccnc3)nc(NCCN3CCCC3)c12. The second-order valence-electron chi connectivity index (χ2n) is 6.52. The van der Waals surface area contributed by atoms with Gasteiger partial charge in [-0.15, -0.1) is 0 Å². The molecule has 7 nitrogen and oxygen atoms in total. The van der Waals surface area contributed by atoms with Gasteiger partial charge in [0.25, 0.3) is 0 Å². The Hall–Kier alpha value is -2.54. The molecular weight excluding hydrogens is 314 g/mol. The smallest absolute Gasteiger partial charge is 0.165 e. The first-order valence-corrected chi connectivity index (χ1v) is 8.80. The minimum atomic E-state index is 0.673. The number of hydrogen-bond donors (Lipinski definition) is 1. The number of nitrogens with one attached hydrogen (secondary N) is 1. The molecule has 4 rings (SSSR count). The lowest BCUT2D eigenvalue weighted by Crippen LogP contribution is -2.26. The molecule has 0 aromatic carbocycles. The van der Waals surface area contributed by atoms with Crippen LogP contribution in [0.15, 0.2) is 24.5 Å². The summed E-state index contributed by atoms with van der Waals surface area (Å²) >= 11 is 0. The van der Waals surface area contributed by atoms with Crippen LogP contribution in [0, 0.1) is 6.92 Å². The van der Waals surface area contributed by atoms with Gasteiger partial charge in [0.2, 0.25) is 0 Å². The molecule has 7 heteroatoms. The maximum atomic E-state index is 4.78. The van der Waals surface area contributed by atoms with Crippen molar-refractivity contribution in [2.45, 2.75) is 19.8 Å². The van der Waals surface area contributed by atoms with Gasteiger partial charge < -0.3 is 10.2 Å². The van der Waals surface area contributed by atoms with Crippen molar-refractivity contribution in [3.63, 3.8) is 0 Å². The zero-order valence-corrected chi connectivity index (χ0v) is 14.7. The number of aryl methyl sites for hydroxylation is 2. The highest BCUT2D eigenvalue weighted by atomic mass is 15.3. The highest BCUT2D eigenvalue weighted by Gasteiger charge is 2.17. The first-order chi connectivity index (χ1) is 12.2. The summed E-state index contributed by atoms with van der Waals surface area (Å²) in [5, 5.41) is 9.03. The van der Waals surface area contributed by atoms with Crippen LogP contribution in [0.1, 0.15) is 18.5 Å². The summed E-state index contributed by atoms with van der Waals surface area (Å²) < 4.78 is 1.82. The van der Waals surface area contributed by atoms with E-state index in [0.717, 1.165) is 41.2 Å². The van der Waals surface area contributed by atoms with E-state index in [2.05, 4.69) is 20.3 Å². The molecule has 25 heavy (non-hydrogen) atoms. The lowest BCUT2D eigenvalue weighted by Gasteiger charge is -2.15. The molecule has 0 saturated carbocycles. The summed E-state index contributed by atoms with van der Waals surface area (Å²) in [7, 11) is 1.92. The number of fused-ring (bicyclic) bond motifs is 1. The molecule has 0 aliphatic carbocycles. The minimum absolute atomic E-state index is 0.673. The summed E-state index contributed by atoms with van der Waals surface area (Å²) in [6.07, 6.45) is 6.17. The molecule has 1 aliphatic heterocycles. The first kappa shape index (κ1) is 16.0. The molecule has 0 bridgehead atoms. The van der Waals surface area contributed by atoms with Crippen molar-refractivity contribution in [3.05, 3.63) is 30.2 Å². The number of likely N-dealkylation sites (tertiary alicyclic amines) is 1. The van der Waals surface area contributed by atoms with E-state index in [4.69, 9.17) is 9.97 Å². The monoisotopic (exact) mass is 337 g/mol. The molecule has 1 N–H and O–H groups in total. The normalized spacial score (nSPS) is 15.1. The van der Waals surface area contributed by atoms with Gasteiger partial charge in [-0.25, -0.2) is 9.97 Å². The Morgan fingerprint density at radius 2 is 2.04 bits per heavy atom. The maximum absolute atomic E-state index is 4.78. The summed E-state index contributed by atoms with van der Waals surface area (Å²) in [4.78, 5) is 16.2. The number of nitrogens with zero attached hydrogens (tertiary/aromatic N) is 6. The fourth-order valence-corrected chi connectivity index (χ4v) is 3.43. The van der Waals surface area contributed by atoms with Crippen molar-refractivity contribution in [3.8, 4) is 11.4 Å². The van der Waals surface area contributed by atoms with Crippen molar-refractivity contribution in [2.24, 2.45) is 7.05 Å². The van der Waals surface area contributed by atoms with E-state index in [1.165, 1.54) is 25.9 Å². The predicted octanol–water partition coefficient (Wildman–Crippen LogP) is 2.24. The van der Waals surface area contributed by atoms with Crippen LogP contribution >= 0.6 is 0 Å². The van der Waals surface area contributed by atoms with Gasteiger partial charge in [0, 0.05) is 38.1 Å². The molecule has 0 radical (unpaired) electrons. The second kappa shape index (κ2) is 6.76. The summed E-state index contributed by atoms with van der Waals surface area (Å²) in [5.41, 5.74) is 2.69. The third kappa shape index (κ3) is 3.19. The van der Waals surface area contributed by atoms with Crippen LogP contribution in [-0.4, -0.2) is 55.8 Å². The van der Waals surface area contributed by atoms with Crippen molar-refractivity contribution in [2.75, 3.05) is 31.5 Å². The Labute approximate surface area is 147 Å². The van der Waals surface area contributed by atoms with Crippen molar-refractivity contribution < 1.29 is 0 Å². The molecule has 0 atom stereocenters. The summed E-state index contributed by atoms with van der Waals surface area (Å²) in [5.74, 6) is 1.53. The average Bonchev–Trinajstić information content (AvgIpc) is 3.24. The maximum Gasteiger partial charge on any atom is 0.165 e. The molecule has 0 spiro atoms. The number of hydrogen-bond acceptors (Lipinski definition) is 6. The van der Waals surface area contributed by atoms with Crippen LogP contribution in [0.5, 0.6) is 0 Å². The summed E-state index contributed by atoms with van der Waals surface area (Å²) in [6, 6.07) is 3.88. The average molecular weight is 337 g/mol. The number of anilines is 1. The fourth-order valence-electron chi connectivity index (χ4n) is 3.43. The van der Waals surface area contributed by atoms with Gasteiger partial charge in [-0.3, -0.25) is 9.67 Å². The van der Waals surface area contributed by atoms with Crippen molar-refractivity contribution >= 4 is 16.9 Å². The number of rotatable bonds is 5. The standard InChI is InChI=1S/C18H23N7/c1-13-15-17(20-8-11-25-9-3-4-10-25)21-16(14-6-5-7-19-12-14)22-18(15)24(2)23-13/h5-7,12H,3-4,8-11H2,1-2H3,(H,20,21,22). The minimum Gasteiger partial charge on any atom is -0.368 e. The zero-order chi connectivity index (χ0) is 17.2. The van der Waals surface area contributed by atoms with Gasteiger partial charge in [-0.05, 0) is 45.0 Å². The van der Waals surface area contributed by atoms with Crippen LogP contribution in [0.2, 0.25) is 0 Å². The van der Waals surface area contributed by atoms with Crippen LogP contribution in [-0.2, 0) is 7.05 Å². The Bertz CT molecular complexity index is 866. The lowest BCUT2D eigenvalue weighted by molar-refractivity contribution is 0.352. The lowest BCUT2D eigenvalue weighted by atomic mass is 10.2. The molecular formula is C18H23N7. The predicted molar refractivity (Wildman–Crippen MR) is 98.4 cm³/mol. The van der Waals surface area contributed by atoms with E-state index < -0.39 is 0 Å². The van der Waals surface area contributed by atoms with Gasteiger partial charge in [0.05, 0.1) is 11.1 Å². The molecule has 3 aromatic rings. The summed E-state index contributed by atoms with van der Waals surface area (Å²) in [6.45, 7) is 6.31. The Kier molecular flexibility index (Phi) is 4.31. The molecule has 4 heterocycles. The van der Waals surface area contributed by atoms with Crippen LogP contribution < -0.4 is 5.32 Å². The highest BCUT2D eigenvalue weighted by Crippen LogP contribution is 2.26. The van der Waals surface area contributed by atoms with Crippen LogP contribution in [0.25, 0.3) is 22.4 Å². The van der Waals surface area contributed by atoms with Gasteiger partial charge in [-0.1, -0.05) is 0 Å². The molecule has 0 unspecified atom stereocenters. The van der Waals surface area contributed by atoms with Crippen LogP contribution in [0.4, 0.5) is 5.82 Å². The van der Waals surface area contributed by atoms with Crippen LogP contribution in [0.3, 0.4) is 0 Å². The first-order valence-electron chi connectivity index (χ1n) is 8.80. The third-order valence-corrected chi connectivity index (χ3v) is 4.70. The molecule has 0 amide bonds. The molecule has 1 aliphatic rings. The van der Waals surface area contributed by atoms with E-state index in [-0.39, 0.29) is 0 Å². The molecule has 1 fully saturated rings. The number of pyridine rings is 1. The van der Waals surface area contributed by atoms with E-state index in [1.807, 2.05) is 30.8 Å². The van der Waals surface area contributed by atoms with Gasteiger partial charge >= 0.3 is 0 Å².